The van der Waals surface area contributed by atoms with Crippen molar-refractivity contribution in [3.63, 3.8) is 0 Å². The van der Waals surface area contributed by atoms with Crippen molar-refractivity contribution in [2.75, 3.05) is 26.2 Å². The normalized spacial score (nSPS) is 15.1. The summed E-state index contributed by atoms with van der Waals surface area (Å²) in [4.78, 5) is 13.5. The maximum atomic E-state index is 12.6. The number of carbonyl (C=O) groups is 1. The van der Waals surface area contributed by atoms with Gasteiger partial charge in [-0.1, -0.05) is 48.5 Å². The number of ether oxygens (including phenoxy) is 1. The number of β-amino-alcohol motifs (C(OH)–C–C–N with tert-alkyl or cyclic N) is 1. The SMILES string of the molecule is Cc1cc(-c2ccccc2C(C)OCC(O)CN2CCCC2)ccc1C(=O)O.Cc1ccc(C)c(F)c1. The molecule has 198 valence electrons. The molecule has 0 saturated carbocycles. The molecule has 1 heterocycles. The van der Waals surface area contributed by atoms with E-state index in [9.17, 15) is 19.4 Å². The first-order chi connectivity index (χ1) is 17.7. The molecule has 5 nitrogen and oxygen atoms in total. The number of nitrogens with zero attached hydrogens (tertiary/aromatic N) is 1. The van der Waals surface area contributed by atoms with E-state index in [0.29, 0.717) is 24.3 Å². The highest BCUT2D eigenvalue weighted by Gasteiger charge is 2.19. The molecule has 0 radical (unpaired) electrons. The molecule has 1 aliphatic rings. The van der Waals surface area contributed by atoms with Crippen molar-refractivity contribution < 1.29 is 24.1 Å². The Hall–Kier alpha value is -3.06. The molecule has 6 heteroatoms. The van der Waals surface area contributed by atoms with Crippen molar-refractivity contribution in [2.45, 2.75) is 52.7 Å². The van der Waals surface area contributed by atoms with Crippen LogP contribution in [0.15, 0.2) is 60.7 Å². The molecule has 1 fully saturated rings. The first-order valence-electron chi connectivity index (χ1n) is 12.8. The molecule has 0 aliphatic carbocycles. The molecule has 3 aromatic carbocycles. The van der Waals surface area contributed by atoms with E-state index in [1.807, 2.05) is 63.2 Å². The third kappa shape index (κ3) is 8.22. The molecule has 2 unspecified atom stereocenters. The van der Waals surface area contributed by atoms with Gasteiger partial charge in [0.15, 0.2) is 0 Å². The summed E-state index contributed by atoms with van der Waals surface area (Å²) in [6.07, 6.45) is 1.74. The largest absolute Gasteiger partial charge is 0.478 e. The van der Waals surface area contributed by atoms with Crippen LogP contribution in [0.3, 0.4) is 0 Å². The fourth-order valence-corrected chi connectivity index (χ4v) is 4.54. The predicted molar refractivity (Wildman–Crippen MR) is 145 cm³/mol. The topological polar surface area (TPSA) is 70.0 Å². The van der Waals surface area contributed by atoms with E-state index in [4.69, 9.17) is 4.74 Å². The maximum absolute atomic E-state index is 12.6. The van der Waals surface area contributed by atoms with Crippen molar-refractivity contribution in [1.82, 2.24) is 4.90 Å². The Morgan fingerprint density at radius 1 is 1.00 bits per heavy atom. The summed E-state index contributed by atoms with van der Waals surface area (Å²) >= 11 is 0. The Balaban J connectivity index is 0.000000356. The number of halogens is 1. The number of aliphatic hydroxyl groups is 1. The lowest BCUT2D eigenvalue weighted by molar-refractivity contribution is -0.0131. The molecule has 0 bridgehead atoms. The van der Waals surface area contributed by atoms with Gasteiger partial charge in [-0.05, 0) is 99.1 Å². The highest BCUT2D eigenvalue weighted by molar-refractivity contribution is 5.90. The molecule has 3 aromatic rings. The number of carboxylic acid groups (broad SMARTS) is 1. The third-order valence-corrected chi connectivity index (χ3v) is 6.70. The van der Waals surface area contributed by atoms with E-state index < -0.39 is 12.1 Å². The van der Waals surface area contributed by atoms with Gasteiger partial charge in [-0.15, -0.1) is 0 Å². The van der Waals surface area contributed by atoms with Crippen LogP contribution in [0, 0.1) is 26.6 Å². The highest BCUT2D eigenvalue weighted by atomic mass is 19.1. The first-order valence-corrected chi connectivity index (χ1v) is 12.8. The molecule has 0 aromatic heterocycles. The number of benzene rings is 3. The Morgan fingerprint density at radius 3 is 2.32 bits per heavy atom. The lowest BCUT2D eigenvalue weighted by Gasteiger charge is -2.22. The van der Waals surface area contributed by atoms with Gasteiger partial charge in [0.1, 0.15) is 5.82 Å². The Kier molecular flexibility index (Phi) is 10.4. The van der Waals surface area contributed by atoms with Crippen LogP contribution in [-0.4, -0.2) is 53.4 Å². The van der Waals surface area contributed by atoms with Crippen LogP contribution in [0.5, 0.6) is 0 Å². The van der Waals surface area contributed by atoms with Gasteiger partial charge in [0.2, 0.25) is 0 Å². The van der Waals surface area contributed by atoms with Gasteiger partial charge in [-0.2, -0.15) is 0 Å². The fraction of sp³-hybridized carbons (Fsp3) is 0.387. The van der Waals surface area contributed by atoms with Gasteiger partial charge >= 0.3 is 5.97 Å². The predicted octanol–water partition coefficient (Wildman–Crippen LogP) is 6.34. The van der Waals surface area contributed by atoms with Crippen molar-refractivity contribution in [3.05, 3.63) is 94.3 Å². The van der Waals surface area contributed by atoms with E-state index in [-0.39, 0.29) is 11.9 Å². The second kappa shape index (κ2) is 13.5. The van der Waals surface area contributed by atoms with E-state index >= 15 is 0 Å². The molecule has 2 N–H and O–H groups in total. The molecule has 0 amide bonds. The Bertz CT molecular complexity index is 1190. The summed E-state index contributed by atoms with van der Waals surface area (Å²) in [6.45, 7) is 10.5. The number of aryl methyl sites for hydroxylation is 3. The summed E-state index contributed by atoms with van der Waals surface area (Å²) in [6, 6.07) is 18.6. The van der Waals surface area contributed by atoms with E-state index in [1.165, 1.54) is 18.9 Å². The number of rotatable bonds is 8. The van der Waals surface area contributed by atoms with Crippen LogP contribution >= 0.6 is 0 Å². The number of aromatic carboxylic acids is 1. The lowest BCUT2D eigenvalue weighted by Crippen LogP contribution is -2.33. The van der Waals surface area contributed by atoms with Crippen LogP contribution in [0.4, 0.5) is 4.39 Å². The van der Waals surface area contributed by atoms with Crippen molar-refractivity contribution in [3.8, 4) is 11.1 Å². The minimum atomic E-state index is -0.916. The van der Waals surface area contributed by atoms with E-state index in [2.05, 4.69) is 4.90 Å². The smallest absolute Gasteiger partial charge is 0.335 e. The molecule has 1 saturated heterocycles. The summed E-state index contributed by atoms with van der Waals surface area (Å²) < 4.78 is 18.6. The van der Waals surface area contributed by atoms with Crippen molar-refractivity contribution in [1.29, 1.82) is 0 Å². The van der Waals surface area contributed by atoms with Gasteiger partial charge in [-0.3, -0.25) is 0 Å². The minimum Gasteiger partial charge on any atom is -0.478 e. The standard InChI is InChI=1S/C23H29NO4.C8H9F/c1-16-13-18(9-10-20(16)23(26)27)22-8-4-3-7-21(22)17(2)28-15-19(25)14-24-11-5-6-12-24;1-6-3-4-7(2)8(9)5-6/h3-4,7-10,13,17,19,25H,5-6,11-12,14-15H2,1-2H3,(H,26,27);3-5H,1-2H3. The number of hydrogen-bond acceptors (Lipinski definition) is 4. The average molecular weight is 508 g/mol. The summed E-state index contributed by atoms with van der Waals surface area (Å²) in [5, 5.41) is 19.5. The quantitative estimate of drug-likeness (QED) is 0.372. The molecular weight excluding hydrogens is 469 g/mol. The molecule has 0 spiro atoms. The van der Waals surface area contributed by atoms with Gasteiger partial charge in [-0.25, -0.2) is 9.18 Å². The van der Waals surface area contributed by atoms with Crippen LogP contribution in [0.2, 0.25) is 0 Å². The number of hydrogen-bond donors (Lipinski definition) is 2. The fourth-order valence-electron chi connectivity index (χ4n) is 4.54. The molecule has 4 rings (SSSR count). The molecular formula is C31H38FNO4. The van der Waals surface area contributed by atoms with Crippen molar-refractivity contribution >= 4 is 5.97 Å². The zero-order valence-electron chi connectivity index (χ0n) is 22.2. The lowest BCUT2D eigenvalue weighted by atomic mass is 9.94. The zero-order chi connectivity index (χ0) is 26.9. The number of aliphatic hydroxyl groups excluding tert-OH is 1. The Morgan fingerprint density at radius 2 is 1.70 bits per heavy atom. The Labute approximate surface area is 219 Å². The van der Waals surface area contributed by atoms with Crippen LogP contribution in [0.25, 0.3) is 11.1 Å². The molecule has 37 heavy (non-hydrogen) atoms. The van der Waals surface area contributed by atoms with Gasteiger partial charge < -0.3 is 19.8 Å². The van der Waals surface area contributed by atoms with Gasteiger partial charge in [0.25, 0.3) is 0 Å². The van der Waals surface area contributed by atoms with Gasteiger partial charge in [0, 0.05) is 6.54 Å². The molecule has 2 atom stereocenters. The third-order valence-electron chi connectivity index (χ3n) is 6.70. The van der Waals surface area contributed by atoms with Crippen LogP contribution in [0.1, 0.15) is 58.5 Å². The summed E-state index contributed by atoms with van der Waals surface area (Å²) in [5.74, 6) is -1.03. The van der Waals surface area contributed by atoms with Crippen LogP contribution < -0.4 is 0 Å². The van der Waals surface area contributed by atoms with Gasteiger partial charge in [0.05, 0.1) is 24.4 Å². The average Bonchev–Trinajstić information content (AvgIpc) is 3.38. The highest BCUT2D eigenvalue weighted by Crippen LogP contribution is 2.31. The van der Waals surface area contributed by atoms with Crippen LogP contribution in [-0.2, 0) is 4.74 Å². The second-order valence-corrected chi connectivity index (χ2v) is 9.81. The summed E-state index contributed by atoms with van der Waals surface area (Å²) in [7, 11) is 0. The monoisotopic (exact) mass is 507 g/mol. The number of likely N-dealkylation sites (tertiary alicyclic amines) is 1. The maximum Gasteiger partial charge on any atom is 0.335 e. The van der Waals surface area contributed by atoms with Crippen molar-refractivity contribution in [2.24, 2.45) is 0 Å². The first kappa shape index (κ1) is 28.5. The zero-order valence-corrected chi connectivity index (χ0v) is 22.2. The molecule has 1 aliphatic heterocycles. The minimum absolute atomic E-state index is 0.116. The number of carboxylic acids is 1. The van der Waals surface area contributed by atoms with E-state index in [1.54, 1.807) is 19.1 Å². The van der Waals surface area contributed by atoms with E-state index in [0.717, 1.165) is 40.9 Å². The second-order valence-electron chi connectivity index (χ2n) is 9.81. The summed E-state index contributed by atoms with van der Waals surface area (Å²) in [5.41, 5.74) is 5.73.